The molecule has 9 heteroatoms. The number of halogens is 3. The third-order valence-corrected chi connectivity index (χ3v) is 6.91. The number of hydrogen-bond acceptors (Lipinski definition) is 5. The van der Waals surface area contributed by atoms with Crippen molar-refractivity contribution in [3.05, 3.63) is 97.4 Å². The second-order valence-electron chi connectivity index (χ2n) is 7.91. The molecule has 2 N–H and O–H groups in total. The van der Waals surface area contributed by atoms with E-state index in [9.17, 15) is 4.79 Å². The molecule has 3 aromatic carbocycles. The van der Waals surface area contributed by atoms with E-state index in [1.807, 2.05) is 49.4 Å². The first-order valence-corrected chi connectivity index (χ1v) is 12.9. The van der Waals surface area contributed by atoms with Crippen molar-refractivity contribution in [2.75, 3.05) is 20.3 Å². The van der Waals surface area contributed by atoms with Crippen LogP contribution < -0.4 is 20.3 Å². The lowest BCUT2D eigenvalue weighted by Gasteiger charge is -2.17. The second-order valence-corrected chi connectivity index (χ2v) is 9.64. The molecular weight excluding hydrogens is 567 g/mol. The summed E-state index contributed by atoms with van der Waals surface area (Å²) in [7, 11) is 1.58. The van der Waals surface area contributed by atoms with E-state index in [0.717, 1.165) is 15.6 Å². The van der Waals surface area contributed by atoms with Gasteiger partial charge in [0, 0.05) is 32.2 Å². The molecule has 6 nitrogen and oxygen atoms in total. The van der Waals surface area contributed by atoms with Crippen LogP contribution in [0.4, 0.5) is 0 Å². The Hall–Kier alpha value is -2.71. The molecule has 0 saturated heterocycles. The molecule has 3 aromatic rings. The predicted molar refractivity (Wildman–Crippen MR) is 145 cm³/mol. The smallest absolute Gasteiger partial charge is 0.252 e. The van der Waals surface area contributed by atoms with Crippen molar-refractivity contribution in [3.8, 4) is 11.5 Å². The van der Waals surface area contributed by atoms with Crippen molar-refractivity contribution in [2.45, 2.75) is 19.4 Å². The number of rotatable bonds is 9. The molecule has 0 saturated carbocycles. The van der Waals surface area contributed by atoms with E-state index in [1.165, 1.54) is 0 Å². The number of hydroxylamine groups is 1. The van der Waals surface area contributed by atoms with Crippen LogP contribution in [0.3, 0.4) is 0 Å². The van der Waals surface area contributed by atoms with Crippen LogP contribution in [-0.2, 0) is 16.1 Å². The van der Waals surface area contributed by atoms with E-state index in [4.69, 9.17) is 37.5 Å². The van der Waals surface area contributed by atoms with E-state index in [1.54, 1.807) is 25.3 Å². The van der Waals surface area contributed by atoms with E-state index < -0.39 is 6.10 Å². The Kier molecular flexibility index (Phi) is 8.80. The molecule has 0 aliphatic carbocycles. The maximum absolute atomic E-state index is 13.7. The highest BCUT2D eigenvalue weighted by molar-refractivity contribution is 9.10. The summed E-state index contributed by atoms with van der Waals surface area (Å²) in [5.74, 6) is 0.940. The van der Waals surface area contributed by atoms with Gasteiger partial charge in [-0.1, -0.05) is 57.3 Å². The zero-order chi connectivity index (χ0) is 25.7. The lowest BCUT2D eigenvalue weighted by Crippen LogP contribution is -2.29. The van der Waals surface area contributed by atoms with Crippen LogP contribution >= 0.6 is 39.1 Å². The second kappa shape index (κ2) is 12.0. The molecule has 188 valence electrons. The highest BCUT2D eigenvalue weighted by Crippen LogP contribution is 2.42. The molecule has 1 heterocycles. The Morgan fingerprint density at radius 2 is 1.83 bits per heavy atom. The van der Waals surface area contributed by atoms with Gasteiger partial charge in [-0.2, -0.15) is 0 Å². The van der Waals surface area contributed by atoms with Crippen LogP contribution in [0, 0.1) is 0 Å². The van der Waals surface area contributed by atoms with Gasteiger partial charge in [0.2, 0.25) is 0 Å². The first kappa shape index (κ1) is 26.4. The summed E-state index contributed by atoms with van der Waals surface area (Å²) in [5, 5.41) is 4.12. The predicted octanol–water partition coefficient (Wildman–Crippen LogP) is 6.51. The molecule has 0 radical (unpaired) electrons. The summed E-state index contributed by atoms with van der Waals surface area (Å²) in [6, 6.07) is 18.4. The zero-order valence-corrected chi connectivity index (χ0v) is 22.8. The fraction of sp³-hybridized carbons (Fsp3) is 0.222. The third-order valence-electron chi connectivity index (χ3n) is 5.71. The molecule has 36 heavy (non-hydrogen) atoms. The van der Waals surface area contributed by atoms with Crippen LogP contribution in [-0.4, -0.2) is 26.2 Å². The van der Waals surface area contributed by atoms with E-state index >= 15 is 0 Å². The van der Waals surface area contributed by atoms with Crippen molar-refractivity contribution in [1.29, 1.82) is 0 Å². The normalized spacial score (nSPS) is 15.0. The van der Waals surface area contributed by atoms with Gasteiger partial charge in [-0.15, -0.1) is 0 Å². The van der Waals surface area contributed by atoms with Crippen molar-refractivity contribution in [2.24, 2.45) is 0 Å². The number of carbonyl (C=O) groups is 1. The molecule has 0 spiro atoms. The first-order chi connectivity index (χ1) is 17.4. The number of hydrogen-bond donors (Lipinski definition) is 2. The van der Waals surface area contributed by atoms with E-state index in [0.29, 0.717) is 58.0 Å². The topological polar surface area (TPSA) is 68.8 Å². The molecule has 4 rings (SSSR count). The Morgan fingerprint density at radius 1 is 1.08 bits per heavy atom. The summed E-state index contributed by atoms with van der Waals surface area (Å²) in [4.78, 5) is 19.7. The van der Waals surface area contributed by atoms with E-state index in [2.05, 4.69) is 26.7 Å². The van der Waals surface area contributed by atoms with Crippen LogP contribution in [0.5, 0.6) is 11.5 Å². The van der Waals surface area contributed by atoms with Gasteiger partial charge in [-0.3, -0.25) is 15.1 Å². The van der Waals surface area contributed by atoms with Gasteiger partial charge in [0.15, 0.2) is 0 Å². The number of para-hydroxylation sites is 1. The highest BCUT2D eigenvalue weighted by atomic mass is 79.9. The summed E-state index contributed by atoms with van der Waals surface area (Å²) >= 11 is 16.1. The number of carbonyl (C=O) groups excluding carboxylic acids is 1. The minimum absolute atomic E-state index is 0.295. The average molecular weight is 592 g/mol. The molecular formula is C27H25BrCl2N2O4. The van der Waals surface area contributed by atoms with Gasteiger partial charge in [-0.25, -0.2) is 0 Å². The number of ether oxygens (including phenoxy) is 2. The van der Waals surface area contributed by atoms with Crippen molar-refractivity contribution >= 4 is 50.7 Å². The van der Waals surface area contributed by atoms with Gasteiger partial charge in [0.1, 0.15) is 17.6 Å². The molecule has 1 aliphatic rings. The molecule has 1 atom stereocenters. The van der Waals surface area contributed by atoms with Crippen LogP contribution in [0.25, 0.3) is 5.70 Å². The SMILES string of the molecule is CCOc1ccccc1C1=C(C(=O)NCCc2c(Cl)cccc2Cl)[C@H](c2cc(Br)ccc2OC)ON1. The number of methoxy groups -OCH3 is 1. The lowest BCUT2D eigenvalue weighted by atomic mass is 9.96. The quantitative estimate of drug-likeness (QED) is 0.297. The van der Waals surface area contributed by atoms with Crippen LogP contribution in [0.1, 0.15) is 29.7 Å². The van der Waals surface area contributed by atoms with Crippen molar-refractivity contribution in [1.82, 2.24) is 10.8 Å². The van der Waals surface area contributed by atoms with Gasteiger partial charge >= 0.3 is 0 Å². The Morgan fingerprint density at radius 3 is 2.56 bits per heavy atom. The fourth-order valence-electron chi connectivity index (χ4n) is 4.05. The maximum atomic E-state index is 13.7. The Bertz CT molecular complexity index is 1280. The molecule has 0 unspecified atom stereocenters. The highest BCUT2D eigenvalue weighted by Gasteiger charge is 2.36. The van der Waals surface area contributed by atoms with Gasteiger partial charge in [-0.05, 0) is 61.4 Å². The number of nitrogens with one attached hydrogen (secondary N) is 2. The summed E-state index contributed by atoms with van der Waals surface area (Å²) in [5.41, 5.74) is 6.10. The fourth-order valence-corrected chi connectivity index (χ4v) is 5.01. The molecule has 1 aliphatic heterocycles. The monoisotopic (exact) mass is 590 g/mol. The van der Waals surface area contributed by atoms with Crippen molar-refractivity contribution in [3.63, 3.8) is 0 Å². The first-order valence-electron chi connectivity index (χ1n) is 11.4. The molecule has 0 aromatic heterocycles. The minimum atomic E-state index is -0.731. The van der Waals surface area contributed by atoms with Crippen LogP contribution in [0.2, 0.25) is 10.0 Å². The Balaban J connectivity index is 1.71. The molecule has 0 fully saturated rings. The average Bonchev–Trinajstić information content (AvgIpc) is 3.31. The number of benzene rings is 3. The lowest BCUT2D eigenvalue weighted by molar-refractivity contribution is -0.118. The third kappa shape index (κ3) is 5.65. The molecule has 1 amide bonds. The largest absolute Gasteiger partial charge is 0.496 e. The maximum Gasteiger partial charge on any atom is 0.252 e. The zero-order valence-electron chi connectivity index (χ0n) is 19.7. The van der Waals surface area contributed by atoms with Crippen LogP contribution in [0.15, 0.2) is 70.7 Å². The minimum Gasteiger partial charge on any atom is -0.496 e. The van der Waals surface area contributed by atoms with Crippen molar-refractivity contribution < 1.29 is 19.1 Å². The van der Waals surface area contributed by atoms with Gasteiger partial charge in [0.25, 0.3) is 5.91 Å². The van der Waals surface area contributed by atoms with Gasteiger partial charge in [0.05, 0.1) is 25.0 Å². The summed E-state index contributed by atoms with van der Waals surface area (Å²) < 4.78 is 12.2. The summed E-state index contributed by atoms with van der Waals surface area (Å²) in [6.07, 6.45) is -0.257. The standard InChI is InChI=1S/C27H25BrCl2N2O4/c1-3-35-23-10-5-4-7-18(23)25-24(26(36-32-25)19-15-16(28)11-12-22(19)34-2)27(33)31-14-13-17-20(29)8-6-9-21(17)30/h4-12,15,26,32H,3,13-14H2,1-2H3,(H,31,33)/t26-/m0/s1. The summed E-state index contributed by atoms with van der Waals surface area (Å²) in [6.45, 7) is 2.72. The number of amides is 1. The van der Waals surface area contributed by atoms with E-state index in [-0.39, 0.29) is 5.91 Å². The Labute approximate surface area is 228 Å². The molecule has 0 bridgehead atoms. The van der Waals surface area contributed by atoms with Gasteiger partial charge < -0.3 is 14.8 Å².